The smallest absolute Gasteiger partial charge is 0.404 e. The summed E-state index contributed by atoms with van der Waals surface area (Å²) < 4.78 is 0. The minimum atomic E-state index is -0.995. The van der Waals surface area contributed by atoms with Crippen LogP contribution in [-0.2, 0) is 0 Å². The van der Waals surface area contributed by atoms with E-state index in [9.17, 15) is 9.90 Å². The summed E-state index contributed by atoms with van der Waals surface area (Å²) in [4.78, 5) is 13.5. The van der Waals surface area contributed by atoms with Crippen LogP contribution in [0, 0.1) is 6.92 Å². The lowest BCUT2D eigenvalue weighted by atomic mass is 10.2. The summed E-state index contributed by atoms with van der Waals surface area (Å²) in [6, 6.07) is 9.28. The number of fused-ring (bicyclic) bond motifs is 1. The number of amides is 1. The number of carbonyl (C=O) groups is 1. The molecular weight excluding hydrogens is 220 g/mol. The largest absolute Gasteiger partial charge is 0.506 e. The molecule has 0 spiro atoms. The van der Waals surface area contributed by atoms with Crippen LogP contribution in [0.1, 0.15) is 5.69 Å². The molecule has 0 bridgehead atoms. The number of aryl methyl sites for hydroxylation is 1. The Morgan fingerprint density at radius 2 is 1.94 bits per heavy atom. The lowest BCUT2D eigenvalue weighted by Crippen LogP contribution is -2.13. The highest BCUT2D eigenvalue weighted by molar-refractivity contribution is 5.84. The Kier molecular flexibility index (Phi) is 4.28. The zero-order valence-corrected chi connectivity index (χ0v) is 9.64. The molecule has 3 N–H and O–H groups in total. The maximum atomic E-state index is 9.43. The molecule has 0 saturated carbocycles. The normalized spacial score (nSPS) is 9.29. The van der Waals surface area contributed by atoms with Gasteiger partial charge in [-0.2, -0.15) is 0 Å². The number of aromatic nitrogens is 1. The van der Waals surface area contributed by atoms with Crippen LogP contribution < -0.4 is 5.32 Å². The van der Waals surface area contributed by atoms with Gasteiger partial charge in [-0.25, -0.2) is 9.78 Å². The summed E-state index contributed by atoms with van der Waals surface area (Å²) in [5.41, 5.74) is 1.60. The highest BCUT2D eigenvalue weighted by atomic mass is 16.4. The van der Waals surface area contributed by atoms with E-state index in [4.69, 9.17) is 5.11 Å². The first-order valence-electron chi connectivity index (χ1n) is 5.00. The number of hydrogen-bond acceptors (Lipinski definition) is 3. The van der Waals surface area contributed by atoms with Gasteiger partial charge in [0.1, 0.15) is 11.3 Å². The number of phenols is 1. The molecule has 1 heterocycles. The van der Waals surface area contributed by atoms with Gasteiger partial charge >= 0.3 is 6.09 Å². The molecular formula is C12H14N2O3. The number of aromatic hydroxyl groups is 1. The van der Waals surface area contributed by atoms with E-state index in [-0.39, 0.29) is 5.75 Å². The molecule has 17 heavy (non-hydrogen) atoms. The van der Waals surface area contributed by atoms with Crippen LogP contribution in [0.15, 0.2) is 30.3 Å². The number of nitrogens with one attached hydrogen (secondary N) is 1. The van der Waals surface area contributed by atoms with Crippen LogP contribution in [0.25, 0.3) is 10.9 Å². The summed E-state index contributed by atoms with van der Waals surface area (Å²) >= 11 is 0. The van der Waals surface area contributed by atoms with E-state index in [0.29, 0.717) is 5.52 Å². The van der Waals surface area contributed by atoms with Crippen molar-refractivity contribution in [2.75, 3.05) is 7.05 Å². The van der Waals surface area contributed by atoms with Crippen LogP contribution in [0.4, 0.5) is 4.79 Å². The summed E-state index contributed by atoms with van der Waals surface area (Å²) in [6.45, 7) is 1.91. The molecule has 0 atom stereocenters. The summed E-state index contributed by atoms with van der Waals surface area (Å²) in [7, 11) is 1.35. The average Bonchev–Trinajstić information content (AvgIpc) is 2.31. The van der Waals surface area contributed by atoms with Crippen LogP contribution in [0.5, 0.6) is 5.75 Å². The van der Waals surface area contributed by atoms with E-state index in [2.05, 4.69) is 4.98 Å². The van der Waals surface area contributed by atoms with Gasteiger partial charge in [-0.05, 0) is 19.1 Å². The third kappa shape index (κ3) is 3.64. The highest BCUT2D eigenvalue weighted by Crippen LogP contribution is 2.21. The van der Waals surface area contributed by atoms with Crippen LogP contribution in [-0.4, -0.2) is 28.3 Å². The van der Waals surface area contributed by atoms with Crippen molar-refractivity contribution in [2.24, 2.45) is 0 Å². The Balaban J connectivity index is 0.000000249. The van der Waals surface area contributed by atoms with Gasteiger partial charge in [0.25, 0.3) is 0 Å². The summed E-state index contributed by atoms with van der Waals surface area (Å²) in [5, 5.41) is 20.0. The maximum Gasteiger partial charge on any atom is 0.404 e. The maximum absolute atomic E-state index is 9.43. The van der Waals surface area contributed by atoms with E-state index >= 15 is 0 Å². The number of para-hydroxylation sites is 1. The average molecular weight is 234 g/mol. The number of benzene rings is 1. The molecule has 2 rings (SSSR count). The molecule has 0 unspecified atom stereocenters. The van der Waals surface area contributed by atoms with Crippen molar-refractivity contribution in [3.05, 3.63) is 36.0 Å². The van der Waals surface area contributed by atoms with Gasteiger partial charge in [-0.15, -0.1) is 0 Å². The number of phenolic OH excluding ortho intramolecular Hbond substituents is 1. The fourth-order valence-electron chi connectivity index (χ4n) is 1.23. The topological polar surface area (TPSA) is 82.5 Å². The van der Waals surface area contributed by atoms with Crippen LogP contribution in [0.3, 0.4) is 0 Å². The Morgan fingerprint density at radius 3 is 2.53 bits per heavy atom. The molecule has 5 nitrogen and oxygen atoms in total. The van der Waals surface area contributed by atoms with E-state index in [1.54, 1.807) is 6.07 Å². The zero-order valence-electron chi connectivity index (χ0n) is 9.64. The van der Waals surface area contributed by atoms with Gasteiger partial charge in [0, 0.05) is 18.1 Å². The van der Waals surface area contributed by atoms with Gasteiger partial charge in [-0.3, -0.25) is 0 Å². The van der Waals surface area contributed by atoms with Crippen molar-refractivity contribution in [3.63, 3.8) is 0 Å². The molecule has 0 radical (unpaired) electrons. The third-order valence-electron chi connectivity index (χ3n) is 2.05. The van der Waals surface area contributed by atoms with Crippen LogP contribution >= 0.6 is 0 Å². The molecule has 1 aromatic heterocycles. The molecule has 0 aliphatic carbocycles. The Hall–Kier alpha value is -2.30. The monoisotopic (exact) mass is 234 g/mol. The fraction of sp³-hybridized carbons (Fsp3) is 0.167. The van der Waals surface area contributed by atoms with Gasteiger partial charge < -0.3 is 15.5 Å². The Bertz CT molecular complexity index is 526. The fourth-order valence-corrected chi connectivity index (χ4v) is 1.23. The molecule has 5 heteroatoms. The molecule has 0 saturated heterocycles. The quantitative estimate of drug-likeness (QED) is 0.652. The number of pyridine rings is 1. The molecule has 0 fully saturated rings. The van der Waals surface area contributed by atoms with Crippen molar-refractivity contribution in [1.29, 1.82) is 0 Å². The third-order valence-corrected chi connectivity index (χ3v) is 2.05. The van der Waals surface area contributed by atoms with E-state index < -0.39 is 6.09 Å². The van der Waals surface area contributed by atoms with E-state index in [1.807, 2.05) is 36.5 Å². The number of carboxylic acid groups (broad SMARTS) is 1. The lowest BCUT2D eigenvalue weighted by Gasteiger charge is -1.99. The van der Waals surface area contributed by atoms with Gasteiger partial charge in [0.05, 0.1) is 0 Å². The minimum absolute atomic E-state index is 0.246. The Morgan fingerprint density at radius 1 is 1.29 bits per heavy atom. The number of rotatable bonds is 0. The predicted molar refractivity (Wildman–Crippen MR) is 65.2 cm³/mol. The van der Waals surface area contributed by atoms with E-state index in [0.717, 1.165) is 11.1 Å². The second kappa shape index (κ2) is 5.69. The predicted octanol–water partition coefficient (Wildman–Crippen LogP) is 2.13. The zero-order chi connectivity index (χ0) is 12.8. The molecule has 2 aromatic rings. The van der Waals surface area contributed by atoms with Gasteiger partial charge in [0.2, 0.25) is 0 Å². The minimum Gasteiger partial charge on any atom is -0.506 e. The first kappa shape index (κ1) is 12.8. The summed E-state index contributed by atoms with van der Waals surface area (Å²) in [5.74, 6) is 0.246. The highest BCUT2D eigenvalue weighted by Gasteiger charge is 1.98. The Labute approximate surface area is 98.7 Å². The van der Waals surface area contributed by atoms with Crippen molar-refractivity contribution >= 4 is 17.0 Å². The van der Waals surface area contributed by atoms with E-state index in [1.165, 1.54) is 7.05 Å². The molecule has 0 aliphatic rings. The number of hydrogen-bond donors (Lipinski definition) is 3. The van der Waals surface area contributed by atoms with Crippen molar-refractivity contribution < 1.29 is 15.0 Å². The van der Waals surface area contributed by atoms with Gasteiger partial charge in [-0.1, -0.05) is 18.2 Å². The second-order valence-electron chi connectivity index (χ2n) is 3.36. The SMILES string of the molecule is CNC(=O)O.Cc1ccc2cccc(O)c2n1. The molecule has 0 aliphatic heterocycles. The standard InChI is InChI=1S/C10H9NO.C2H5NO2/c1-7-5-6-8-3-2-4-9(12)10(8)11-7;1-3-2(4)5/h2-6,12H,1H3;3H,1H3,(H,4,5). The van der Waals surface area contributed by atoms with Crippen molar-refractivity contribution in [3.8, 4) is 5.75 Å². The lowest BCUT2D eigenvalue weighted by molar-refractivity contribution is 0.197. The van der Waals surface area contributed by atoms with Crippen molar-refractivity contribution in [1.82, 2.24) is 10.3 Å². The first-order chi connectivity index (χ1) is 8.04. The first-order valence-corrected chi connectivity index (χ1v) is 5.00. The van der Waals surface area contributed by atoms with Gasteiger partial charge in [0.15, 0.2) is 0 Å². The second-order valence-corrected chi connectivity index (χ2v) is 3.36. The molecule has 1 aromatic carbocycles. The molecule has 90 valence electrons. The number of nitrogens with zero attached hydrogens (tertiary/aromatic N) is 1. The summed E-state index contributed by atoms with van der Waals surface area (Å²) in [6.07, 6.45) is -0.995. The van der Waals surface area contributed by atoms with Crippen LogP contribution in [0.2, 0.25) is 0 Å². The molecule has 1 amide bonds. The van der Waals surface area contributed by atoms with Crippen molar-refractivity contribution in [2.45, 2.75) is 6.92 Å².